The van der Waals surface area contributed by atoms with Crippen LogP contribution in [0.3, 0.4) is 0 Å². The predicted octanol–water partition coefficient (Wildman–Crippen LogP) is 2.33. The van der Waals surface area contributed by atoms with Crippen LogP contribution in [0.25, 0.3) is 5.69 Å². The van der Waals surface area contributed by atoms with Gasteiger partial charge in [0.15, 0.2) is 17.5 Å². The topological polar surface area (TPSA) is 53.1 Å². The fourth-order valence-electron chi connectivity index (χ4n) is 2.53. The van der Waals surface area contributed by atoms with Crippen molar-refractivity contribution in [2.24, 2.45) is 11.7 Å². The minimum atomic E-state index is -1.51. The first-order valence-corrected chi connectivity index (χ1v) is 6.59. The van der Waals surface area contributed by atoms with Gasteiger partial charge in [0.2, 0.25) is 0 Å². The van der Waals surface area contributed by atoms with Gasteiger partial charge in [-0.05, 0) is 18.6 Å². The molecule has 1 aromatic heterocycles. The molecule has 2 atom stereocenters. The van der Waals surface area contributed by atoms with E-state index in [1.165, 1.54) is 17.1 Å². The number of hydrogen-bond donors (Lipinski definition) is 1. The van der Waals surface area contributed by atoms with Crippen molar-refractivity contribution in [3.05, 3.63) is 47.8 Å². The van der Waals surface area contributed by atoms with E-state index >= 15 is 0 Å². The zero-order valence-electron chi connectivity index (χ0n) is 11.1. The Labute approximate surface area is 119 Å². The molecule has 1 aliphatic rings. The van der Waals surface area contributed by atoms with Gasteiger partial charge in [-0.2, -0.15) is 0 Å². The van der Waals surface area contributed by atoms with Crippen LogP contribution in [0.5, 0.6) is 0 Å². The highest BCUT2D eigenvalue weighted by Crippen LogP contribution is 2.29. The van der Waals surface area contributed by atoms with Gasteiger partial charge >= 0.3 is 0 Å². The molecule has 0 radical (unpaired) electrons. The Morgan fingerprint density at radius 3 is 2.81 bits per heavy atom. The Hall–Kier alpha value is -1.86. The van der Waals surface area contributed by atoms with E-state index < -0.39 is 23.5 Å². The zero-order valence-corrected chi connectivity index (χ0v) is 11.1. The van der Waals surface area contributed by atoms with Crippen LogP contribution in [0.1, 0.15) is 18.2 Å². The molecule has 112 valence electrons. The normalized spacial score (nSPS) is 19.9. The van der Waals surface area contributed by atoms with E-state index in [2.05, 4.69) is 4.98 Å². The SMILES string of the molecule is NC(c1cncn1-c1ccc(F)c(F)c1F)C1CCOC1. The Kier molecular flexibility index (Phi) is 3.69. The molecule has 0 spiro atoms. The molecule has 1 fully saturated rings. The average Bonchev–Trinajstić information content (AvgIpc) is 3.15. The number of rotatable bonds is 3. The molecular formula is C14H14F3N3O. The van der Waals surface area contributed by atoms with Gasteiger partial charge in [-0.3, -0.25) is 4.57 Å². The van der Waals surface area contributed by atoms with Crippen molar-refractivity contribution in [2.75, 3.05) is 13.2 Å². The lowest BCUT2D eigenvalue weighted by Crippen LogP contribution is -2.24. The summed E-state index contributed by atoms with van der Waals surface area (Å²) < 4.78 is 47.0. The average molecular weight is 297 g/mol. The van der Waals surface area contributed by atoms with Gasteiger partial charge in [0, 0.05) is 12.5 Å². The van der Waals surface area contributed by atoms with Crippen molar-refractivity contribution in [1.29, 1.82) is 0 Å². The molecule has 3 rings (SSSR count). The number of hydrogen-bond acceptors (Lipinski definition) is 3. The number of benzene rings is 1. The number of aromatic nitrogens is 2. The van der Waals surface area contributed by atoms with Gasteiger partial charge in [-0.25, -0.2) is 18.2 Å². The van der Waals surface area contributed by atoms with E-state index in [9.17, 15) is 13.2 Å². The Morgan fingerprint density at radius 2 is 2.10 bits per heavy atom. The molecule has 2 N–H and O–H groups in total. The molecule has 0 bridgehead atoms. The first-order chi connectivity index (χ1) is 10.1. The fraction of sp³-hybridized carbons (Fsp3) is 0.357. The summed E-state index contributed by atoms with van der Waals surface area (Å²) >= 11 is 0. The summed E-state index contributed by atoms with van der Waals surface area (Å²) in [6.45, 7) is 1.15. The molecular weight excluding hydrogens is 283 g/mol. The Morgan fingerprint density at radius 1 is 1.29 bits per heavy atom. The third kappa shape index (κ3) is 2.43. The third-order valence-electron chi connectivity index (χ3n) is 3.76. The molecule has 2 unspecified atom stereocenters. The van der Waals surface area contributed by atoms with Crippen molar-refractivity contribution in [1.82, 2.24) is 9.55 Å². The maximum atomic E-state index is 13.9. The number of ether oxygens (including phenoxy) is 1. The second kappa shape index (κ2) is 5.50. The molecule has 2 aromatic rings. The van der Waals surface area contributed by atoms with Crippen LogP contribution in [-0.2, 0) is 4.74 Å². The highest BCUT2D eigenvalue weighted by Gasteiger charge is 2.27. The van der Waals surface area contributed by atoms with Gasteiger partial charge in [0.05, 0.1) is 36.6 Å². The van der Waals surface area contributed by atoms with Crippen molar-refractivity contribution in [2.45, 2.75) is 12.5 Å². The van der Waals surface area contributed by atoms with Gasteiger partial charge in [0.1, 0.15) is 0 Å². The van der Waals surface area contributed by atoms with Gasteiger partial charge in [-0.15, -0.1) is 0 Å². The second-order valence-electron chi connectivity index (χ2n) is 5.03. The monoisotopic (exact) mass is 297 g/mol. The molecule has 21 heavy (non-hydrogen) atoms. The summed E-state index contributed by atoms with van der Waals surface area (Å²) in [6.07, 6.45) is 3.64. The minimum absolute atomic E-state index is 0.0915. The number of imidazole rings is 1. The minimum Gasteiger partial charge on any atom is -0.381 e. The molecule has 1 saturated heterocycles. The van der Waals surface area contributed by atoms with Crippen LogP contribution in [0.2, 0.25) is 0 Å². The van der Waals surface area contributed by atoms with Gasteiger partial charge in [0.25, 0.3) is 0 Å². The number of halogens is 3. The second-order valence-corrected chi connectivity index (χ2v) is 5.03. The fourth-order valence-corrected chi connectivity index (χ4v) is 2.53. The lowest BCUT2D eigenvalue weighted by molar-refractivity contribution is 0.180. The van der Waals surface area contributed by atoms with Gasteiger partial charge in [-0.1, -0.05) is 0 Å². The molecule has 0 aliphatic carbocycles. The number of nitrogens with zero attached hydrogens (tertiary/aromatic N) is 2. The maximum absolute atomic E-state index is 13.9. The summed E-state index contributed by atoms with van der Waals surface area (Å²) in [5.41, 5.74) is 6.59. The van der Waals surface area contributed by atoms with E-state index in [1.807, 2.05) is 0 Å². The highest BCUT2D eigenvalue weighted by atomic mass is 19.2. The first-order valence-electron chi connectivity index (χ1n) is 6.59. The molecule has 1 aromatic carbocycles. The van der Waals surface area contributed by atoms with E-state index in [1.54, 1.807) is 0 Å². The largest absolute Gasteiger partial charge is 0.381 e. The molecule has 1 aliphatic heterocycles. The van der Waals surface area contributed by atoms with Crippen molar-refractivity contribution in [3.63, 3.8) is 0 Å². The summed E-state index contributed by atoms with van der Waals surface area (Å²) in [6, 6.07) is 1.63. The van der Waals surface area contributed by atoms with Crippen LogP contribution in [0.15, 0.2) is 24.7 Å². The van der Waals surface area contributed by atoms with E-state index in [0.29, 0.717) is 18.9 Å². The Balaban J connectivity index is 2.01. The smallest absolute Gasteiger partial charge is 0.196 e. The Bertz CT molecular complexity index is 653. The van der Waals surface area contributed by atoms with E-state index in [-0.39, 0.29) is 11.6 Å². The quantitative estimate of drug-likeness (QED) is 0.885. The van der Waals surface area contributed by atoms with Crippen molar-refractivity contribution >= 4 is 0 Å². The van der Waals surface area contributed by atoms with Crippen molar-refractivity contribution < 1.29 is 17.9 Å². The molecule has 0 saturated carbocycles. The summed E-state index contributed by atoms with van der Waals surface area (Å²) in [4.78, 5) is 3.94. The van der Waals surface area contributed by atoms with Crippen LogP contribution < -0.4 is 5.73 Å². The summed E-state index contributed by atoms with van der Waals surface area (Å²) in [5.74, 6) is -3.91. The first kappa shape index (κ1) is 14.1. The summed E-state index contributed by atoms with van der Waals surface area (Å²) in [5, 5.41) is 0. The van der Waals surface area contributed by atoms with Crippen LogP contribution in [-0.4, -0.2) is 22.8 Å². The van der Waals surface area contributed by atoms with Crippen LogP contribution >= 0.6 is 0 Å². The predicted molar refractivity (Wildman–Crippen MR) is 69.3 cm³/mol. The van der Waals surface area contributed by atoms with Crippen LogP contribution in [0, 0.1) is 23.4 Å². The molecule has 7 heteroatoms. The third-order valence-corrected chi connectivity index (χ3v) is 3.76. The maximum Gasteiger partial charge on any atom is 0.196 e. The van der Waals surface area contributed by atoms with Crippen molar-refractivity contribution in [3.8, 4) is 5.69 Å². The highest BCUT2D eigenvalue weighted by molar-refractivity contribution is 5.37. The standard InChI is InChI=1S/C14H14F3N3O/c15-9-1-2-10(13(17)12(9)16)20-7-19-5-11(20)14(18)8-3-4-21-6-8/h1-2,5,7-8,14H,3-4,6,18H2. The molecule has 0 amide bonds. The lowest BCUT2D eigenvalue weighted by atomic mass is 9.97. The van der Waals surface area contributed by atoms with Crippen LogP contribution in [0.4, 0.5) is 13.2 Å². The van der Waals surface area contributed by atoms with E-state index in [0.717, 1.165) is 18.6 Å². The zero-order chi connectivity index (χ0) is 15.0. The molecule has 2 heterocycles. The van der Waals surface area contributed by atoms with E-state index in [4.69, 9.17) is 10.5 Å². The summed E-state index contributed by atoms with van der Waals surface area (Å²) in [7, 11) is 0. The lowest BCUT2D eigenvalue weighted by Gasteiger charge is -2.19. The molecule has 4 nitrogen and oxygen atoms in total. The van der Waals surface area contributed by atoms with Gasteiger partial charge < -0.3 is 10.5 Å². The number of nitrogens with two attached hydrogens (primary N) is 1.